The van der Waals surface area contributed by atoms with Crippen LogP contribution in [0.2, 0.25) is 5.02 Å². The topological polar surface area (TPSA) is 73.0 Å². The molecule has 2 heterocycles. The van der Waals surface area contributed by atoms with Crippen molar-refractivity contribution in [1.29, 1.82) is 0 Å². The molecule has 0 radical (unpaired) electrons. The summed E-state index contributed by atoms with van der Waals surface area (Å²) in [5.41, 5.74) is 4.88. The lowest BCUT2D eigenvalue weighted by Crippen LogP contribution is -2.22. The minimum atomic E-state index is -0.311. The normalized spacial score (nSPS) is 11.2. The van der Waals surface area contributed by atoms with E-state index >= 15 is 0 Å². The maximum atomic E-state index is 12.4. The Morgan fingerprint density at radius 2 is 1.87 bits per heavy atom. The van der Waals surface area contributed by atoms with E-state index < -0.39 is 0 Å². The summed E-state index contributed by atoms with van der Waals surface area (Å²) in [6.45, 7) is 1.79. The first-order chi connectivity index (χ1) is 15.1. The molecule has 0 aliphatic carbocycles. The van der Waals surface area contributed by atoms with Crippen molar-refractivity contribution in [1.82, 2.24) is 14.9 Å². The Hall–Kier alpha value is -3.29. The van der Waals surface area contributed by atoms with Gasteiger partial charge in [0.05, 0.1) is 0 Å². The second-order valence-corrected chi connectivity index (χ2v) is 8.04. The minimum Gasteiger partial charge on any atom is -0.457 e. The fraction of sp³-hybridized carbons (Fsp3) is 0.0870. The van der Waals surface area contributed by atoms with Gasteiger partial charge in [0.2, 0.25) is 5.16 Å². The zero-order valence-corrected chi connectivity index (χ0v) is 18.2. The number of hydrogen-bond donors (Lipinski definition) is 1. The molecule has 4 aromatic rings. The molecule has 156 valence electrons. The van der Waals surface area contributed by atoms with Gasteiger partial charge in [-0.05, 0) is 55.0 Å². The number of halogens is 1. The minimum absolute atomic E-state index is 0.311. The molecule has 0 unspecified atom stereocenters. The number of furan rings is 1. The van der Waals surface area contributed by atoms with E-state index in [-0.39, 0.29) is 5.91 Å². The Morgan fingerprint density at radius 3 is 2.65 bits per heavy atom. The second-order valence-electron chi connectivity index (χ2n) is 6.66. The van der Waals surface area contributed by atoms with Gasteiger partial charge in [-0.1, -0.05) is 53.7 Å². The van der Waals surface area contributed by atoms with Crippen molar-refractivity contribution < 1.29 is 9.21 Å². The molecular weight excluding hydrogens is 432 g/mol. The van der Waals surface area contributed by atoms with Crippen LogP contribution in [0.15, 0.2) is 82.4 Å². The maximum absolute atomic E-state index is 12.4. The summed E-state index contributed by atoms with van der Waals surface area (Å²) >= 11 is 7.42. The molecule has 2 aromatic heterocycles. The zero-order valence-electron chi connectivity index (χ0n) is 16.7. The third-order valence-electron chi connectivity index (χ3n) is 4.38. The molecular formula is C23H19ClN4O2S. The van der Waals surface area contributed by atoms with Gasteiger partial charge >= 0.3 is 0 Å². The number of rotatable bonds is 7. The molecule has 0 aliphatic heterocycles. The van der Waals surface area contributed by atoms with Gasteiger partial charge in [0.15, 0.2) is 0 Å². The third-order valence-corrected chi connectivity index (χ3v) is 5.63. The van der Waals surface area contributed by atoms with E-state index in [1.807, 2.05) is 48.5 Å². The van der Waals surface area contributed by atoms with E-state index in [0.717, 1.165) is 11.3 Å². The van der Waals surface area contributed by atoms with E-state index in [0.29, 0.717) is 27.5 Å². The molecule has 0 spiro atoms. The highest BCUT2D eigenvalue weighted by molar-refractivity contribution is 7.98. The lowest BCUT2D eigenvalue weighted by atomic mass is 10.2. The summed E-state index contributed by atoms with van der Waals surface area (Å²) < 4.78 is 7.37. The van der Waals surface area contributed by atoms with E-state index in [1.54, 1.807) is 35.9 Å². The molecule has 0 fully saturated rings. The summed E-state index contributed by atoms with van der Waals surface area (Å²) in [5.74, 6) is 2.28. The van der Waals surface area contributed by atoms with Crippen LogP contribution in [0.25, 0.3) is 17.4 Å². The molecule has 1 N–H and O–H groups in total. The summed E-state index contributed by atoms with van der Waals surface area (Å²) in [6, 6.07) is 21.1. The van der Waals surface area contributed by atoms with Gasteiger partial charge in [-0.25, -0.2) is 4.68 Å². The van der Waals surface area contributed by atoms with Crippen LogP contribution in [0, 0.1) is 6.92 Å². The monoisotopic (exact) mass is 450 g/mol. The Morgan fingerprint density at radius 1 is 1.10 bits per heavy atom. The zero-order chi connectivity index (χ0) is 21.6. The summed E-state index contributed by atoms with van der Waals surface area (Å²) in [4.78, 5) is 12.4. The van der Waals surface area contributed by atoms with Crippen LogP contribution >= 0.6 is 23.4 Å². The van der Waals surface area contributed by atoms with Gasteiger partial charge in [-0.3, -0.25) is 10.2 Å². The third kappa shape index (κ3) is 5.45. The molecule has 31 heavy (non-hydrogen) atoms. The molecule has 0 saturated heterocycles. The van der Waals surface area contributed by atoms with E-state index in [4.69, 9.17) is 16.0 Å². The molecule has 8 heteroatoms. The fourth-order valence-corrected chi connectivity index (χ4v) is 3.82. The van der Waals surface area contributed by atoms with Crippen molar-refractivity contribution in [2.45, 2.75) is 17.8 Å². The van der Waals surface area contributed by atoms with Crippen LogP contribution in [-0.2, 0) is 10.5 Å². The number of thioether (sulfide) groups is 1. The Labute approximate surface area is 188 Å². The van der Waals surface area contributed by atoms with Crippen LogP contribution in [0.5, 0.6) is 0 Å². The first-order valence-corrected chi connectivity index (χ1v) is 10.9. The molecule has 0 atom stereocenters. The number of benzene rings is 2. The van der Waals surface area contributed by atoms with Gasteiger partial charge in [0.1, 0.15) is 17.3 Å². The van der Waals surface area contributed by atoms with Gasteiger partial charge in [-0.2, -0.15) is 0 Å². The van der Waals surface area contributed by atoms with E-state index in [9.17, 15) is 4.79 Å². The Balaban J connectivity index is 1.39. The number of carbonyl (C=O) groups excluding carboxylic acids is 1. The molecule has 1 amide bonds. The van der Waals surface area contributed by atoms with Crippen molar-refractivity contribution in [3.63, 3.8) is 0 Å². The van der Waals surface area contributed by atoms with Gasteiger partial charge < -0.3 is 4.42 Å². The number of nitrogens with one attached hydrogen (secondary N) is 1. The van der Waals surface area contributed by atoms with Crippen molar-refractivity contribution in [2.75, 3.05) is 5.43 Å². The highest BCUT2D eigenvalue weighted by atomic mass is 35.5. The van der Waals surface area contributed by atoms with Gasteiger partial charge in [0.25, 0.3) is 5.91 Å². The first-order valence-electron chi connectivity index (χ1n) is 9.52. The second kappa shape index (κ2) is 9.68. The number of nitrogens with zero attached hydrogens (tertiary/aromatic N) is 3. The van der Waals surface area contributed by atoms with Crippen LogP contribution in [0.4, 0.5) is 0 Å². The lowest BCUT2D eigenvalue weighted by molar-refractivity contribution is -0.112. The van der Waals surface area contributed by atoms with Gasteiger partial charge in [0, 0.05) is 22.4 Å². The van der Waals surface area contributed by atoms with Crippen LogP contribution < -0.4 is 5.43 Å². The summed E-state index contributed by atoms with van der Waals surface area (Å²) in [7, 11) is 0. The molecule has 0 aliphatic rings. The largest absolute Gasteiger partial charge is 0.457 e. The van der Waals surface area contributed by atoms with Gasteiger partial charge in [-0.15, -0.1) is 10.2 Å². The van der Waals surface area contributed by atoms with Crippen LogP contribution in [-0.4, -0.2) is 20.8 Å². The molecule has 4 rings (SSSR count). The lowest BCUT2D eigenvalue weighted by Gasteiger charge is -2.08. The van der Waals surface area contributed by atoms with E-state index in [1.165, 1.54) is 23.4 Å². The molecule has 0 saturated carbocycles. The average Bonchev–Trinajstić information content (AvgIpc) is 3.39. The predicted octanol–water partition coefficient (Wildman–Crippen LogP) is 5.58. The summed E-state index contributed by atoms with van der Waals surface area (Å²) in [6.07, 6.45) is 3.03. The van der Waals surface area contributed by atoms with Crippen LogP contribution in [0.3, 0.4) is 0 Å². The average molecular weight is 451 g/mol. The predicted molar refractivity (Wildman–Crippen MR) is 123 cm³/mol. The SMILES string of the molecule is Cc1nnc(SCc2ccccc2)n1NC(=O)C=Cc1ccc(-c2ccc(Cl)cc2)o1. The molecule has 0 bridgehead atoms. The Bertz CT molecular complexity index is 1200. The first kappa shape index (κ1) is 21.0. The smallest absolute Gasteiger partial charge is 0.263 e. The standard InChI is InChI=1S/C23H19ClN4O2S/c1-16-25-26-23(31-15-17-5-3-2-4-6-17)28(16)27-22(29)14-12-20-11-13-21(30-20)18-7-9-19(24)10-8-18/h2-14H,15H2,1H3,(H,27,29). The highest BCUT2D eigenvalue weighted by Crippen LogP contribution is 2.24. The quantitative estimate of drug-likeness (QED) is 0.294. The highest BCUT2D eigenvalue weighted by Gasteiger charge is 2.11. The van der Waals surface area contributed by atoms with Crippen molar-refractivity contribution in [3.8, 4) is 11.3 Å². The number of hydrogen-bond acceptors (Lipinski definition) is 5. The Kier molecular flexibility index (Phi) is 6.54. The number of amides is 1. The summed E-state index contributed by atoms with van der Waals surface area (Å²) in [5, 5.41) is 9.50. The van der Waals surface area contributed by atoms with Crippen molar-refractivity contribution in [2.24, 2.45) is 0 Å². The number of aromatic nitrogens is 3. The molecule has 6 nitrogen and oxygen atoms in total. The number of aryl methyl sites for hydroxylation is 1. The fourth-order valence-electron chi connectivity index (χ4n) is 2.80. The maximum Gasteiger partial charge on any atom is 0.263 e. The van der Waals surface area contributed by atoms with Crippen molar-refractivity contribution in [3.05, 3.63) is 95.0 Å². The number of carbonyl (C=O) groups is 1. The van der Waals surface area contributed by atoms with Crippen LogP contribution in [0.1, 0.15) is 17.1 Å². The molecule has 2 aromatic carbocycles. The van der Waals surface area contributed by atoms with E-state index in [2.05, 4.69) is 15.6 Å². The van der Waals surface area contributed by atoms with Crippen molar-refractivity contribution >= 4 is 35.3 Å².